The van der Waals surface area contributed by atoms with Crippen molar-refractivity contribution < 1.29 is 22.3 Å². The molecule has 0 spiro atoms. The highest BCUT2D eigenvalue weighted by atomic mass is 35.5. The average molecular weight is 568 g/mol. The maximum Gasteiger partial charge on any atom is 0.264 e. The van der Waals surface area contributed by atoms with Gasteiger partial charge in [-0.05, 0) is 42.5 Å². The van der Waals surface area contributed by atoms with Crippen molar-refractivity contribution >= 4 is 38.5 Å². The van der Waals surface area contributed by atoms with Crippen LogP contribution in [-0.2, 0) is 10.0 Å². The van der Waals surface area contributed by atoms with Crippen LogP contribution in [0.5, 0.6) is 11.6 Å². The van der Waals surface area contributed by atoms with E-state index in [1.54, 1.807) is 6.07 Å². The molecule has 5 aromatic rings. The smallest absolute Gasteiger partial charge is 0.264 e. The van der Waals surface area contributed by atoms with E-state index in [0.717, 1.165) is 6.07 Å². The third kappa shape index (κ3) is 4.99. The van der Waals surface area contributed by atoms with Crippen molar-refractivity contribution in [2.75, 3.05) is 18.9 Å². The molecule has 0 saturated carbocycles. The van der Waals surface area contributed by atoms with Crippen molar-refractivity contribution in [1.82, 2.24) is 19.5 Å². The zero-order valence-corrected chi connectivity index (χ0v) is 22.0. The summed E-state index contributed by atoms with van der Waals surface area (Å²) in [5.74, 6) is -0.459. The Labute approximate surface area is 226 Å². The SMILES string of the molecule is COc1cc(-c2cc(Cl)cnc2OC)c(F)cc1-n1c(=O)ccc2cc(S(=O)(=O)Nc3ncccn3)ccc21. The average Bonchev–Trinajstić information content (AvgIpc) is 2.93. The Kier molecular flexibility index (Phi) is 6.89. The molecule has 39 heavy (non-hydrogen) atoms. The molecule has 0 atom stereocenters. The first-order valence-corrected chi connectivity index (χ1v) is 13.1. The van der Waals surface area contributed by atoms with Gasteiger partial charge in [0.2, 0.25) is 11.8 Å². The minimum atomic E-state index is -4.03. The number of hydrogen-bond acceptors (Lipinski definition) is 8. The molecule has 0 saturated heterocycles. The quantitative estimate of drug-likeness (QED) is 0.306. The molecule has 1 N–H and O–H groups in total. The second-order valence-corrected chi connectivity index (χ2v) is 10.2. The maximum absolute atomic E-state index is 15.5. The Morgan fingerprint density at radius 2 is 1.72 bits per heavy atom. The zero-order chi connectivity index (χ0) is 27.7. The van der Waals surface area contributed by atoms with Crippen LogP contribution in [0.1, 0.15) is 0 Å². The molecular formula is C26H19ClFN5O5S. The van der Waals surface area contributed by atoms with Crippen LogP contribution in [0.25, 0.3) is 27.7 Å². The molecule has 0 unspecified atom stereocenters. The first-order chi connectivity index (χ1) is 18.7. The van der Waals surface area contributed by atoms with Crippen LogP contribution < -0.4 is 19.8 Å². The first-order valence-electron chi connectivity index (χ1n) is 11.3. The van der Waals surface area contributed by atoms with Gasteiger partial charge in [-0.1, -0.05) is 11.6 Å². The highest BCUT2D eigenvalue weighted by Crippen LogP contribution is 2.37. The van der Waals surface area contributed by atoms with Gasteiger partial charge in [-0.15, -0.1) is 0 Å². The van der Waals surface area contributed by atoms with Crippen LogP contribution >= 0.6 is 11.6 Å². The Morgan fingerprint density at radius 1 is 0.949 bits per heavy atom. The van der Waals surface area contributed by atoms with Crippen molar-refractivity contribution in [2.24, 2.45) is 0 Å². The lowest BCUT2D eigenvalue weighted by Gasteiger charge is -2.17. The minimum Gasteiger partial charge on any atom is -0.495 e. The number of methoxy groups -OCH3 is 2. The fraction of sp³-hybridized carbons (Fsp3) is 0.0769. The van der Waals surface area contributed by atoms with E-state index in [1.165, 1.54) is 79.8 Å². The van der Waals surface area contributed by atoms with Gasteiger partial charge in [0.05, 0.1) is 35.3 Å². The molecule has 198 valence electrons. The number of pyridine rings is 2. The van der Waals surface area contributed by atoms with E-state index in [0.29, 0.717) is 16.5 Å². The number of fused-ring (bicyclic) bond motifs is 1. The van der Waals surface area contributed by atoms with Gasteiger partial charge in [0, 0.05) is 47.2 Å². The van der Waals surface area contributed by atoms with Gasteiger partial charge in [-0.2, -0.15) is 0 Å². The van der Waals surface area contributed by atoms with Gasteiger partial charge in [-0.25, -0.2) is 32.5 Å². The fourth-order valence-electron chi connectivity index (χ4n) is 4.04. The summed E-state index contributed by atoms with van der Waals surface area (Å²) in [6.07, 6.45) is 4.18. The molecule has 0 radical (unpaired) electrons. The van der Waals surface area contributed by atoms with E-state index < -0.39 is 21.4 Å². The molecule has 0 amide bonds. The molecule has 2 aromatic carbocycles. The second kappa shape index (κ2) is 10.3. The Morgan fingerprint density at radius 3 is 2.44 bits per heavy atom. The number of anilines is 1. The molecule has 0 bridgehead atoms. The van der Waals surface area contributed by atoms with Crippen molar-refractivity contribution in [3.63, 3.8) is 0 Å². The summed E-state index contributed by atoms with van der Waals surface area (Å²) in [7, 11) is -1.25. The number of aromatic nitrogens is 4. The lowest BCUT2D eigenvalue weighted by Crippen LogP contribution is -2.19. The monoisotopic (exact) mass is 567 g/mol. The third-order valence-corrected chi connectivity index (χ3v) is 7.31. The number of nitrogens with one attached hydrogen (secondary N) is 1. The minimum absolute atomic E-state index is 0.0818. The molecule has 10 nitrogen and oxygen atoms in total. The topological polar surface area (TPSA) is 125 Å². The van der Waals surface area contributed by atoms with Gasteiger partial charge in [-0.3, -0.25) is 9.36 Å². The predicted octanol–water partition coefficient (Wildman–Crippen LogP) is 4.45. The van der Waals surface area contributed by atoms with Gasteiger partial charge < -0.3 is 9.47 Å². The van der Waals surface area contributed by atoms with Gasteiger partial charge in [0.1, 0.15) is 11.6 Å². The van der Waals surface area contributed by atoms with E-state index in [4.69, 9.17) is 21.1 Å². The van der Waals surface area contributed by atoms with E-state index in [-0.39, 0.29) is 38.7 Å². The molecule has 0 aliphatic heterocycles. The summed E-state index contributed by atoms with van der Waals surface area (Å²) in [5, 5.41) is 0.677. The summed E-state index contributed by atoms with van der Waals surface area (Å²) >= 11 is 6.08. The first kappa shape index (κ1) is 26.1. The van der Waals surface area contributed by atoms with Crippen LogP contribution in [0.4, 0.5) is 10.3 Å². The summed E-state index contributed by atoms with van der Waals surface area (Å²) in [4.78, 5) is 24.8. The largest absolute Gasteiger partial charge is 0.495 e. The third-order valence-electron chi connectivity index (χ3n) is 5.78. The van der Waals surface area contributed by atoms with E-state index >= 15 is 4.39 Å². The number of sulfonamides is 1. The number of rotatable bonds is 7. The second-order valence-electron chi connectivity index (χ2n) is 8.12. The Bertz CT molecular complexity index is 1880. The van der Waals surface area contributed by atoms with Crippen molar-refractivity contribution in [1.29, 1.82) is 0 Å². The lowest BCUT2D eigenvalue weighted by atomic mass is 10.0. The highest BCUT2D eigenvalue weighted by molar-refractivity contribution is 7.92. The van der Waals surface area contributed by atoms with Crippen molar-refractivity contribution in [3.05, 3.63) is 94.4 Å². The van der Waals surface area contributed by atoms with Crippen molar-refractivity contribution in [3.8, 4) is 28.4 Å². The maximum atomic E-state index is 15.5. The fourth-order valence-corrected chi connectivity index (χ4v) is 5.19. The Balaban J connectivity index is 1.65. The van der Waals surface area contributed by atoms with Crippen LogP contribution in [0.3, 0.4) is 0 Å². The molecule has 3 heterocycles. The normalized spacial score (nSPS) is 11.4. The van der Waals surface area contributed by atoms with Crippen molar-refractivity contribution in [2.45, 2.75) is 4.90 Å². The lowest BCUT2D eigenvalue weighted by molar-refractivity contribution is 0.399. The summed E-state index contributed by atoms with van der Waals surface area (Å²) in [6, 6.07) is 12.5. The standard InChI is InChI=1S/C26H19ClFN5O5S/c1-37-23-12-18(19-11-16(27)14-31-25(19)38-2)20(28)13-22(23)33-21-6-5-17(10-15(21)4-7-24(33)34)39(35,36)32-26-29-8-3-9-30-26/h3-14H,1-2H3,(H,29,30,32). The van der Waals surface area contributed by atoms with E-state index in [9.17, 15) is 13.2 Å². The van der Waals surface area contributed by atoms with Crippen LogP contribution in [0.15, 0.2) is 82.9 Å². The summed E-state index contributed by atoms with van der Waals surface area (Å²) < 4.78 is 55.7. The molecule has 5 rings (SSSR count). The summed E-state index contributed by atoms with van der Waals surface area (Å²) in [5.41, 5.74) is 0.335. The molecule has 0 aliphatic carbocycles. The number of benzene rings is 2. The van der Waals surface area contributed by atoms with Gasteiger partial charge in [0.25, 0.3) is 15.6 Å². The molecule has 0 aliphatic rings. The molecule has 13 heteroatoms. The number of halogens is 2. The molecule has 0 fully saturated rings. The Hall–Kier alpha value is -4.55. The molecular weight excluding hydrogens is 549 g/mol. The predicted molar refractivity (Wildman–Crippen MR) is 144 cm³/mol. The highest BCUT2D eigenvalue weighted by Gasteiger charge is 2.21. The van der Waals surface area contributed by atoms with Crippen LogP contribution in [0, 0.1) is 5.82 Å². The van der Waals surface area contributed by atoms with Gasteiger partial charge >= 0.3 is 0 Å². The summed E-state index contributed by atoms with van der Waals surface area (Å²) in [6.45, 7) is 0. The van der Waals surface area contributed by atoms with Crippen LogP contribution in [0.2, 0.25) is 5.02 Å². The zero-order valence-electron chi connectivity index (χ0n) is 20.4. The van der Waals surface area contributed by atoms with Crippen LogP contribution in [-0.4, -0.2) is 42.2 Å². The van der Waals surface area contributed by atoms with E-state index in [2.05, 4.69) is 19.7 Å². The van der Waals surface area contributed by atoms with E-state index in [1.807, 2.05) is 0 Å². The number of nitrogens with zero attached hydrogens (tertiary/aromatic N) is 4. The number of hydrogen-bond donors (Lipinski definition) is 1. The molecule has 3 aromatic heterocycles. The van der Waals surface area contributed by atoms with Gasteiger partial charge in [0.15, 0.2) is 0 Å². The number of ether oxygens (including phenoxy) is 2.